The van der Waals surface area contributed by atoms with Gasteiger partial charge in [-0.15, -0.1) is 0 Å². The van der Waals surface area contributed by atoms with Gasteiger partial charge in [0.05, 0.1) is 12.2 Å². The van der Waals surface area contributed by atoms with Crippen molar-refractivity contribution in [3.8, 4) is 0 Å². The highest BCUT2D eigenvalue weighted by Gasteiger charge is 2.69. The van der Waals surface area contributed by atoms with Gasteiger partial charge < -0.3 is 4.90 Å². The molecule has 2 amide bonds. The van der Waals surface area contributed by atoms with Gasteiger partial charge in [0.2, 0.25) is 5.91 Å². The van der Waals surface area contributed by atoms with Gasteiger partial charge in [-0.1, -0.05) is 54.1 Å². The van der Waals surface area contributed by atoms with E-state index in [-0.39, 0.29) is 17.8 Å². The Morgan fingerprint density at radius 2 is 1.69 bits per heavy atom. The van der Waals surface area contributed by atoms with E-state index in [0.717, 1.165) is 11.0 Å². The zero-order valence-corrected chi connectivity index (χ0v) is 18.1. The van der Waals surface area contributed by atoms with Gasteiger partial charge in [0.25, 0.3) is 10.8 Å². The van der Waals surface area contributed by atoms with Crippen molar-refractivity contribution >= 4 is 44.6 Å². The van der Waals surface area contributed by atoms with Crippen LogP contribution in [0.5, 0.6) is 0 Å². The number of hydrogen-bond acceptors (Lipinski definition) is 4. The topological polar surface area (TPSA) is 74.8 Å². The van der Waals surface area contributed by atoms with E-state index in [1.807, 2.05) is 0 Å². The number of para-hydroxylation sites is 1. The molecule has 2 aliphatic rings. The average molecular weight is 471 g/mol. The van der Waals surface area contributed by atoms with E-state index in [1.165, 1.54) is 29.2 Å². The zero-order valence-electron chi connectivity index (χ0n) is 16.5. The average Bonchev–Trinajstić information content (AvgIpc) is 3.12. The normalized spacial score (nSPS) is 21.4. The second-order valence-electron chi connectivity index (χ2n) is 7.61. The molecule has 3 aromatic carbocycles. The van der Waals surface area contributed by atoms with Gasteiger partial charge in [-0.05, 0) is 35.9 Å². The fraction of sp³-hybridized carbons (Fsp3) is 0.130. The van der Waals surface area contributed by atoms with Crippen LogP contribution in [-0.4, -0.2) is 26.0 Å². The van der Waals surface area contributed by atoms with Crippen molar-refractivity contribution in [2.75, 3.05) is 15.6 Å². The highest BCUT2D eigenvalue weighted by atomic mass is 35.5. The minimum atomic E-state index is -4.31. The molecule has 1 atom stereocenters. The third-order valence-electron chi connectivity index (χ3n) is 5.78. The number of fused-ring (bicyclic) bond motifs is 2. The fourth-order valence-electron chi connectivity index (χ4n) is 4.46. The van der Waals surface area contributed by atoms with Crippen molar-refractivity contribution in [3.05, 3.63) is 94.8 Å². The number of carbonyl (C=O) groups excluding carboxylic acids is 2. The molecule has 6 nitrogen and oxygen atoms in total. The second-order valence-corrected chi connectivity index (χ2v) is 10.1. The number of nitrogens with zero attached hydrogens (tertiary/aromatic N) is 2. The van der Waals surface area contributed by atoms with Gasteiger partial charge in [-0.2, -0.15) is 0 Å². The van der Waals surface area contributed by atoms with E-state index in [1.54, 1.807) is 42.5 Å². The van der Waals surface area contributed by atoms with Crippen LogP contribution in [0.3, 0.4) is 0 Å². The Bertz CT molecular complexity index is 1390. The maximum absolute atomic E-state index is 14.0. The highest BCUT2D eigenvalue weighted by Crippen LogP contribution is 2.52. The Morgan fingerprint density at radius 1 is 0.969 bits per heavy atom. The van der Waals surface area contributed by atoms with E-state index in [2.05, 4.69) is 0 Å². The Kier molecular flexibility index (Phi) is 4.61. The molecular formula is C23H16ClFN2O4S. The summed E-state index contributed by atoms with van der Waals surface area (Å²) in [6, 6.07) is 18.4. The smallest absolute Gasteiger partial charge is 0.274 e. The Morgan fingerprint density at radius 3 is 2.44 bits per heavy atom. The molecule has 1 spiro atoms. The van der Waals surface area contributed by atoms with Crippen molar-refractivity contribution in [2.24, 2.45) is 0 Å². The molecule has 1 saturated heterocycles. The van der Waals surface area contributed by atoms with E-state index < -0.39 is 38.1 Å². The van der Waals surface area contributed by atoms with Crippen LogP contribution in [0.25, 0.3) is 0 Å². The lowest BCUT2D eigenvalue weighted by Crippen LogP contribution is -2.54. The van der Waals surface area contributed by atoms with Crippen LogP contribution < -0.4 is 9.80 Å². The summed E-state index contributed by atoms with van der Waals surface area (Å²) < 4.78 is 41.0. The number of amides is 2. The van der Waals surface area contributed by atoms with Gasteiger partial charge in [0.1, 0.15) is 11.6 Å². The Labute approximate surface area is 188 Å². The minimum Gasteiger partial charge on any atom is -0.304 e. The Balaban J connectivity index is 1.76. The fourth-order valence-corrected chi connectivity index (χ4v) is 6.69. The molecule has 0 N–H and O–H groups in total. The molecule has 0 radical (unpaired) electrons. The molecule has 0 aliphatic carbocycles. The summed E-state index contributed by atoms with van der Waals surface area (Å²) in [5, 5.41) is 0.422. The lowest BCUT2D eigenvalue weighted by molar-refractivity contribution is -0.123. The Hall–Kier alpha value is -3.23. The third-order valence-corrected chi connectivity index (χ3v) is 8.25. The van der Waals surface area contributed by atoms with Gasteiger partial charge >= 0.3 is 0 Å². The molecule has 9 heteroatoms. The van der Waals surface area contributed by atoms with Crippen molar-refractivity contribution in [3.63, 3.8) is 0 Å². The van der Waals surface area contributed by atoms with Gasteiger partial charge in [-0.25, -0.2) is 12.8 Å². The van der Waals surface area contributed by atoms with E-state index in [4.69, 9.17) is 11.6 Å². The maximum atomic E-state index is 14.0. The van der Waals surface area contributed by atoms with Crippen LogP contribution in [0.2, 0.25) is 5.02 Å². The monoisotopic (exact) mass is 470 g/mol. The number of anilines is 2. The second kappa shape index (κ2) is 7.15. The molecule has 2 heterocycles. The van der Waals surface area contributed by atoms with Crippen LogP contribution in [0.15, 0.2) is 72.8 Å². The van der Waals surface area contributed by atoms with Gasteiger partial charge in [-0.3, -0.25) is 14.5 Å². The predicted octanol–water partition coefficient (Wildman–Crippen LogP) is 3.64. The summed E-state index contributed by atoms with van der Waals surface area (Å²) in [4.78, 5) is 26.8. The molecular weight excluding hydrogens is 455 g/mol. The summed E-state index contributed by atoms with van der Waals surface area (Å²) >= 11 is 6.29. The van der Waals surface area contributed by atoms with Crippen molar-refractivity contribution in [1.82, 2.24) is 0 Å². The summed E-state index contributed by atoms with van der Waals surface area (Å²) in [7, 11) is -4.31. The van der Waals surface area contributed by atoms with Gasteiger partial charge in [0, 0.05) is 16.3 Å². The molecule has 3 aromatic rings. The molecule has 162 valence electrons. The molecule has 5 rings (SSSR count). The van der Waals surface area contributed by atoms with Crippen molar-refractivity contribution in [1.29, 1.82) is 0 Å². The first-order valence-corrected chi connectivity index (χ1v) is 11.8. The number of hydrogen-bond donors (Lipinski definition) is 0. The summed E-state index contributed by atoms with van der Waals surface area (Å²) in [5.74, 6) is -3.10. The SMILES string of the molecule is O=C1CS(=O)(=O)[C@]2(C(=O)N(Cc3ccccc3Cl)c3ccccc32)N1c1cccc(F)c1. The first-order valence-electron chi connectivity index (χ1n) is 9.73. The molecule has 32 heavy (non-hydrogen) atoms. The number of benzene rings is 3. The largest absolute Gasteiger partial charge is 0.304 e. The van der Waals surface area contributed by atoms with E-state index >= 15 is 0 Å². The molecule has 0 aromatic heterocycles. The van der Waals surface area contributed by atoms with E-state index in [0.29, 0.717) is 16.3 Å². The summed E-state index contributed by atoms with van der Waals surface area (Å²) in [5.41, 5.74) is 1.14. The van der Waals surface area contributed by atoms with Crippen LogP contribution in [0, 0.1) is 5.82 Å². The summed E-state index contributed by atoms with van der Waals surface area (Å²) in [6.45, 7) is 0.0119. The molecule has 0 saturated carbocycles. The molecule has 2 aliphatic heterocycles. The van der Waals surface area contributed by atoms with Crippen LogP contribution in [-0.2, 0) is 30.8 Å². The standard InChI is InChI=1S/C23H16ClFN2O4S/c24-19-10-3-1-6-15(19)13-26-20-11-4-2-9-18(20)23(22(26)29)27(21(28)14-32(23,30)31)17-8-5-7-16(25)12-17/h1-12H,13-14H2/t23-/m1/s1. The quantitative estimate of drug-likeness (QED) is 0.585. The molecule has 0 unspecified atom stereocenters. The first kappa shape index (κ1) is 20.7. The number of rotatable bonds is 3. The van der Waals surface area contributed by atoms with Crippen LogP contribution >= 0.6 is 11.6 Å². The lowest BCUT2D eigenvalue weighted by Gasteiger charge is -2.32. The zero-order chi connectivity index (χ0) is 22.7. The lowest BCUT2D eigenvalue weighted by atomic mass is 10.0. The van der Waals surface area contributed by atoms with Crippen molar-refractivity contribution in [2.45, 2.75) is 11.4 Å². The molecule has 0 bridgehead atoms. The van der Waals surface area contributed by atoms with E-state index in [9.17, 15) is 22.4 Å². The van der Waals surface area contributed by atoms with Crippen molar-refractivity contribution < 1.29 is 22.4 Å². The third kappa shape index (κ3) is 2.73. The van der Waals surface area contributed by atoms with Crippen LogP contribution in [0.4, 0.5) is 15.8 Å². The predicted molar refractivity (Wildman–Crippen MR) is 118 cm³/mol. The highest BCUT2D eigenvalue weighted by molar-refractivity contribution is 7.94. The van der Waals surface area contributed by atoms with Crippen LogP contribution in [0.1, 0.15) is 11.1 Å². The maximum Gasteiger partial charge on any atom is 0.274 e. The van der Waals surface area contributed by atoms with Gasteiger partial charge in [0.15, 0.2) is 9.84 Å². The minimum absolute atomic E-state index is 0.00109. The first-order chi connectivity index (χ1) is 15.3. The summed E-state index contributed by atoms with van der Waals surface area (Å²) in [6.07, 6.45) is 0. The molecule has 1 fully saturated rings. The number of carbonyl (C=O) groups is 2. The number of halogens is 2. The number of sulfone groups is 1.